The molecule has 1 aromatic carbocycles. The van der Waals surface area contributed by atoms with Crippen molar-refractivity contribution in [2.24, 2.45) is 0 Å². The number of aromatic nitrogens is 2. The molecule has 2 aliphatic carbocycles. The van der Waals surface area contributed by atoms with Gasteiger partial charge in [0.15, 0.2) is 0 Å². The second-order valence-corrected chi connectivity index (χ2v) is 11.7. The van der Waals surface area contributed by atoms with Crippen molar-refractivity contribution in [2.75, 3.05) is 35.7 Å². The third kappa shape index (κ3) is 3.71. The zero-order chi connectivity index (χ0) is 23.5. The minimum absolute atomic E-state index is 0.00139. The summed E-state index contributed by atoms with van der Waals surface area (Å²) in [5.41, 5.74) is 3.31. The molecule has 0 bridgehead atoms. The zero-order valence-corrected chi connectivity index (χ0v) is 20.0. The first kappa shape index (κ1) is 22.3. The van der Waals surface area contributed by atoms with Gasteiger partial charge in [0, 0.05) is 13.1 Å². The Morgan fingerprint density at radius 3 is 2.59 bits per heavy atom. The Hall–Kier alpha value is -2.13. The summed E-state index contributed by atoms with van der Waals surface area (Å²) in [5, 5.41) is 13.1. The Balaban J connectivity index is 1.26. The number of nitrogens with one attached hydrogen (secondary N) is 1. The SMILES string of the molecule is O=S1CC(F)(F)c2nc(N3CCC(c4ccc5c(c4)CCC5)CC3)nc(NC3(CO)CCC3)c21. The van der Waals surface area contributed by atoms with E-state index in [0.29, 0.717) is 19.0 Å². The minimum atomic E-state index is -3.25. The van der Waals surface area contributed by atoms with Crippen LogP contribution in [-0.4, -0.2) is 50.3 Å². The summed E-state index contributed by atoms with van der Waals surface area (Å²) in [7, 11) is -1.88. The van der Waals surface area contributed by atoms with E-state index in [1.807, 2.05) is 4.90 Å². The Bertz CT molecular complexity index is 1140. The number of aliphatic hydroxyl groups is 1. The molecule has 1 unspecified atom stereocenters. The second kappa shape index (κ2) is 8.22. The molecule has 0 spiro atoms. The molecule has 34 heavy (non-hydrogen) atoms. The van der Waals surface area contributed by atoms with Gasteiger partial charge in [0.1, 0.15) is 16.4 Å². The average Bonchev–Trinajstić information content (AvgIpc) is 3.37. The molecule has 1 saturated carbocycles. The molecule has 2 aromatic rings. The van der Waals surface area contributed by atoms with Gasteiger partial charge in [0.05, 0.1) is 28.7 Å². The van der Waals surface area contributed by atoms with Crippen LogP contribution in [0.25, 0.3) is 0 Å². The number of aliphatic hydroxyl groups excluding tert-OH is 1. The van der Waals surface area contributed by atoms with Gasteiger partial charge in [-0.15, -0.1) is 0 Å². The van der Waals surface area contributed by atoms with Crippen molar-refractivity contribution in [3.63, 3.8) is 0 Å². The highest BCUT2D eigenvalue weighted by atomic mass is 32.2. The Labute approximate surface area is 200 Å². The van der Waals surface area contributed by atoms with Crippen LogP contribution in [-0.2, 0) is 29.6 Å². The van der Waals surface area contributed by atoms with Gasteiger partial charge in [-0.2, -0.15) is 13.8 Å². The van der Waals surface area contributed by atoms with Crippen LogP contribution in [0, 0.1) is 0 Å². The van der Waals surface area contributed by atoms with Crippen LogP contribution in [0.5, 0.6) is 0 Å². The summed E-state index contributed by atoms with van der Waals surface area (Å²) in [6, 6.07) is 6.88. The molecule has 2 aliphatic heterocycles. The van der Waals surface area contributed by atoms with Crippen LogP contribution >= 0.6 is 0 Å². The summed E-state index contributed by atoms with van der Waals surface area (Å²) in [6.45, 7) is 1.25. The van der Waals surface area contributed by atoms with E-state index in [4.69, 9.17) is 0 Å². The fraction of sp³-hybridized carbons (Fsp3) is 0.600. The van der Waals surface area contributed by atoms with E-state index in [-0.39, 0.29) is 23.3 Å². The molecule has 3 heterocycles. The van der Waals surface area contributed by atoms with E-state index in [2.05, 4.69) is 33.5 Å². The summed E-state index contributed by atoms with van der Waals surface area (Å²) >= 11 is 0. The van der Waals surface area contributed by atoms with E-state index in [0.717, 1.165) is 38.5 Å². The molecular weight excluding hydrogens is 458 g/mol. The van der Waals surface area contributed by atoms with Gasteiger partial charge in [0.25, 0.3) is 0 Å². The van der Waals surface area contributed by atoms with Crippen LogP contribution in [0.3, 0.4) is 0 Å². The topological polar surface area (TPSA) is 78.4 Å². The van der Waals surface area contributed by atoms with Gasteiger partial charge < -0.3 is 15.3 Å². The van der Waals surface area contributed by atoms with Crippen molar-refractivity contribution in [3.05, 3.63) is 40.6 Å². The number of halogens is 2. The van der Waals surface area contributed by atoms with Gasteiger partial charge in [0.2, 0.25) is 5.95 Å². The van der Waals surface area contributed by atoms with Gasteiger partial charge >= 0.3 is 5.92 Å². The van der Waals surface area contributed by atoms with Crippen molar-refractivity contribution in [1.29, 1.82) is 0 Å². The number of piperidine rings is 1. The maximum Gasteiger partial charge on any atom is 0.302 e. The van der Waals surface area contributed by atoms with Crippen LogP contribution in [0.2, 0.25) is 0 Å². The summed E-state index contributed by atoms with van der Waals surface area (Å²) < 4.78 is 42.1. The van der Waals surface area contributed by atoms with Crippen molar-refractivity contribution in [3.8, 4) is 0 Å². The van der Waals surface area contributed by atoms with Crippen LogP contribution in [0.4, 0.5) is 20.5 Å². The standard InChI is InChI=1S/C25H30F2N4O2S/c26-25(27)15-34(33)20-21(25)28-23(29-22(20)30-24(14-32)9-2-10-24)31-11-7-17(8-12-31)19-6-5-16-3-1-4-18(16)13-19/h5-6,13,17,32H,1-4,7-12,14-15H2,(H,28,29,30). The first-order chi connectivity index (χ1) is 16.4. The van der Waals surface area contributed by atoms with E-state index >= 15 is 0 Å². The maximum atomic E-state index is 14.7. The van der Waals surface area contributed by atoms with Crippen molar-refractivity contribution in [2.45, 2.75) is 73.6 Å². The predicted octanol–water partition coefficient (Wildman–Crippen LogP) is 3.89. The summed E-state index contributed by atoms with van der Waals surface area (Å²) in [4.78, 5) is 10.8. The predicted molar refractivity (Wildman–Crippen MR) is 127 cm³/mol. The second-order valence-electron chi connectivity index (χ2n) is 10.3. The molecule has 1 atom stereocenters. The molecule has 2 N–H and O–H groups in total. The lowest BCUT2D eigenvalue weighted by molar-refractivity contribution is 0.0191. The van der Waals surface area contributed by atoms with E-state index in [1.54, 1.807) is 0 Å². The van der Waals surface area contributed by atoms with Gasteiger partial charge in [-0.3, -0.25) is 4.21 Å². The van der Waals surface area contributed by atoms with Gasteiger partial charge in [-0.25, -0.2) is 4.98 Å². The van der Waals surface area contributed by atoms with Crippen molar-refractivity contribution < 1.29 is 18.1 Å². The van der Waals surface area contributed by atoms with Crippen LogP contribution in [0.1, 0.15) is 66.8 Å². The van der Waals surface area contributed by atoms with Crippen LogP contribution < -0.4 is 10.2 Å². The smallest absolute Gasteiger partial charge is 0.302 e. The number of alkyl halides is 2. The fourth-order valence-electron chi connectivity index (χ4n) is 5.87. The third-order valence-electron chi connectivity index (χ3n) is 8.11. The molecule has 4 aliphatic rings. The number of hydrogen-bond acceptors (Lipinski definition) is 6. The molecule has 6 nitrogen and oxygen atoms in total. The van der Waals surface area contributed by atoms with E-state index < -0.39 is 33.7 Å². The maximum absolute atomic E-state index is 14.7. The lowest BCUT2D eigenvalue weighted by atomic mass is 9.77. The lowest BCUT2D eigenvalue weighted by Crippen LogP contribution is -2.49. The number of aryl methyl sites for hydroxylation is 2. The Morgan fingerprint density at radius 2 is 1.88 bits per heavy atom. The van der Waals surface area contributed by atoms with Gasteiger partial charge in [-0.05, 0) is 74.0 Å². The molecule has 0 amide bonds. The Morgan fingerprint density at radius 1 is 1.12 bits per heavy atom. The zero-order valence-electron chi connectivity index (χ0n) is 19.2. The monoisotopic (exact) mass is 488 g/mol. The van der Waals surface area contributed by atoms with Crippen LogP contribution in [0.15, 0.2) is 23.1 Å². The molecule has 6 rings (SSSR count). The highest BCUT2D eigenvalue weighted by Crippen LogP contribution is 2.45. The number of rotatable bonds is 5. The molecule has 1 aromatic heterocycles. The molecule has 182 valence electrons. The molecule has 0 radical (unpaired) electrons. The number of anilines is 2. The molecule has 1 saturated heterocycles. The minimum Gasteiger partial charge on any atom is -0.394 e. The fourth-order valence-corrected chi connectivity index (χ4v) is 7.20. The quantitative estimate of drug-likeness (QED) is 0.665. The van der Waals surface area contributed by atoms with Crippen molar-refractivity contribution >= 4 is 22.6 Å². The third-order valence-corrected chi connectivity index (χ3v) is 9.58. The number of fused-ring (bicyclic) bond motifs is 2. The lowest BCUT2D eigenvalue weighted by Gasteiger charge is -2.42. The number of benzene rings is 1. The average molecular weight is 489 g/mol. The first-order valence-corrected chi connectivity index (χ1v) is 13.6. The number of nitrogens with zero attached hydrogens (tertiary/aromatic N) is 3. The van der Waals surface area contributed by atoms with E-state index in [9.17, 15) is 18.1 Å². The van der Waals surface area contributed by atoms with Crippen molar-refractivity contribution in [1.82, 2.24) is 9.97 Å². The summed E-state index contributed by atoms with van der Waals surface area (Å²) in [5.74, 6) is -3.11. The normalized spacial score (nSPS) is 25.0. The summed E-state index contributed by atoms with van der Waals surface area (Å²) in [6.07, 6.45) is 7.79. The highest BCUT2D eigenvalue weighted by Gasteiger charge is 2.49. The largest absolute Gasteiger partial charge is 0.394 e. The Kier molecular flexibility index (Phi) is 5.40. The van der Waals surface area contributed by atoms with Gasteiger partial charge in [-0.1, -0.05) is 18.2 Å². The molecular formula is C25H30F2N4O2S. The number of hydrogen-bond donors (Lipinski definition) is 2. The first-order valence-electron chi connectivity index (χ1n) is 12.3. The highest BCUT2D eigenvalue weighted by molar-refractivity contribution is 7.85. The van der Waals surface area contributed by atoms with E-state index in [1.165, 1.54) is 29.5 Å². The molecule has 2 fully saturated rings. The molecule has 9 heteroatoms.